The van der Waals surface area contributed by atoms with Crippen LogP contribution in [0.2, 0.25) is 5.02 Å². The summed E-state index contributed by atoms with van der Waals surface area (Å²) in [5.74, 6) is -2.54. The summed E-state index contributed by atoms with van der Waals surface area (Å²) in [5.41, 5.74) is 0.771. The molecule has 0 unspecified atom stereocenters. The predicted molar refractivity (Wildman–Crippen MR) is 84.0 cm³/mol. The molecule has 0 atom stereocenters. The quantitative estimate of drug-likeness (QED) is 0.565. The first kappa shape index (κ1) is 17.9. The minimum atomic E-state index is -1.02. The number of carbonyl (C=O) groups is 4. The monoisotopic (exact) mass is 353 g/mol. The lowest BCUT2D eigenvalue weighted by molar-refractivity contribution is -0.144. The third kappa shape index (κ3) is 4.09. The molecule has 1 aliphatic rings. The van der Waals surface area contributed by atoms with Crippen molar-refractivity contribution in [3.8, 4) is 0 Å². The normalized spacial score (nSPS) is 14.5. The van der Waals surface area contributed by atoms with Crippen molar-refractivity contribution in [1.29, 1.82) is 0 Å². The molecule has 1 aromatic rings. The van der Waals surface area contributed by atoms with E-state index in [2.05, 4.69) is 5.32 Å². The van der Waals surface area contributed by atoms with Gasteiger partial charge in [0.15, 0.2) is 0 Å². The van der Waals surface area contributed by atoms with Crippen LogP contribution in [0.4, 0.5) is 4.79 Å². The van der Waals surface area contributed by atoms with Gasteiger partial charge in [0.25, 0.3) is 0 Å². The lowest BCUT2D eigenvalue weighted by atomic mass is 10.2. The van der Waals surface area contributed by atoms with Crippen LogP contribution in [-0.4, -0.2) is 60.4 Å². The second-order valence-electron chi connectivity index (χ2n) is 5.03. The van der Waals surface area contributed by atoms with Crippen molar-refractivity contribution < 1.29 is 23.9 Å². The Bertz CT molecular complexity index is 679. The second-order valence-corrected chi connectivity index (χ2v) is 5.47. The molecule has 0 spiro atoms. The first-order chi connectivity index (χ1) is 11.4. The van der Waals surface area contributed by atoms with Crippen molar-refractivity contribution in [3.05, 3.63) is 34.9 Å². The molecule has 1 saturated heterocycles. The summed E-state index contributed by atoms with van der Waals surface area (Å²) in [6.07, 6.45) is 0. The third-order valence-corrected chi connectivity index (χ3v) is 3.57. The highest BCUT2D eigenvalue weighted by atomic mass is 35.5. The highest BCUT2D eigenvalue weighted by Gasteiger charge is 2.44. The summed E-state index contributed by atoms with van der Waals surface area (Å²) in [6, 6.07) is 6.08. The topological polar surface area (TPSA) is 96.0 Å². The number of urea groups is 1. The Morgan fingerprint density at radius 3 is 2.58 bits per heavy atom. The zero-order valence-corrected chi connectivity index (χ0v) is 13.7. The van der Waals surface area contributed by atoms with Gasteiger partial charge in [-0.2, -0.15) is 0 Å². The SMILES string of the molecule is COCCN1C(=O)C(=O)N(CC(=O)NCc2cccc(Cl)c2)C1=O. The number of nitrogens with zero attached hydrogens (tertiary/aromatic N) is 2. The molecule has 2 rings (SSSR count). The maximum Gasteiger partial charge on any atom is 0.334 e. The maximum atomic E-state index is 12.0. The number of ether oxygens (including phenoxy) is 1. The lowest BCUT2D eigenvalue weighted by Crippen LogP contribution is -2.41. The minimum Gasteiger partial charge on any atom is -0.383 e. The number of hydrogen-bond donors (Lipinski definition) is 1. The molecule has 8 nitrogen and oxygen atoms in total. The summed E-state index contributed by atoms with van der Waals surface area (Å²) in [5, 5.41) is 3.10. The molecule has 0 aromatic heterocycles. The number of halogens is 1. The summed E-state index contributed by atoms with van der Waals surface area (Å²) < 4.78 is 4.78. The van der Waals surface area contributed by atoms with Gasteiger partial charge >= 0.3 is 17.8 Å². The summed E-state index contributed by atoms with van der Waals surface area (Å²) in [4.78, 5) is 48.9. The number of methoxy groups -OCH3 is 1. The largest absolute Gasteiger partial charge is 0.383 e. The van der Waals surface area contributed by atoms with E-state index in [1.165, 1.54) is 7.11 Å². The summed E-state index contributed by atoms with van der Waals surface area (Å²) >= 11 is 5.85. The Kier molecular flexibility index (Phi) is 5.88. The number of hydrogen-bond acceptors (Lipinski definition) is 5. The van der Waals surface area contributed by atoms with E-state index in [1.807, 2.05) is 0 Å². The van der Waals surface area contributed by atoms with Crippen LogP contribution in [0.3, 0.4) is 0 Å². The molecule has 0 aliphatic carbocycles. The first-order valence-corrected chi connectivity index (χ1v) is 7.49. The standard InChI is InChI=1S/C15H16ClN3O5/c1-24-6-5-18-13(21)14(22)19(15(18)23)9-12(20)17-8-10-3-2-4-11(16)7-10/h2-4,7H,5-6,8-9H2,1H3,(H,17,20). The molecule has 0 saturated carbocycles. The summed E-state index contributed by atoms with van der Waals surface area (Å²) in [6.45, 7) is -0.259. The van der Waals surface area contributed by atoms with E-state index in [9.17, 15) is 19.2 Å². The van der Waals surface area contributed by atoms with E-state index in [0.717, 1.165) is 10.5 Å². The lowest BCUT2D eigenvalue weighted by Gasteiger charge is -2.15. The van der Waals surface area contributed by atoms with Gasteiger partial charge in [0.1, 0.15) is 6.54 Å². The Labute approximate surface area is 143 Å². The average Bonchev–Trinajstić information content (AvgIpc) is 2.75. The number of carbonyl (C=O) groups excluding carboxylic acids is 4. The molecule has 1 fully saturated rings. The molecule has 1 heterocycles. The van der Waals surface area contributed by atoms with E-state index in [0.29, 0.717) is 9.92 Å². The highest BCUT2D eigenvalue weighted by Crippen LogP contribution is 2.12. The fraction of sp³-hybridized carbons (Fsp3) is 0.333. The van der Waals surface area contributed by atoms with E-state index >= 15 is 0 Å². The molecule has 1 aliphatic heterocycles. The van der Waals surface area contributed by atoms with Gasteiger partial charge in [-0.15, -0.1) is 0 Å². The molecule has 1 aromatic carbocycles. The van der Waals surface area contributed by atoms with Crippen LogP contribution in [0.25, 0.3) is 0 Å². The Hall–Kier alpha value is -2.45. The predicted octanol–water partition coefficient (Wildman–Crippen LogP) is 0.393. The third-order valence-electron chi connectivity index (χ3n) is 3.33. The van der Waals surface area contributed by atoms with Gasteiger partial charge in [0.2, 0.25) is 5.91 Å². The molecule has 1 N–H and O–H groups in total. The fourth-order valence-corrected chi connectivity index (χ4v) is 2.33. The molecular weight excluding hydrogens is 338 g/mol. The minimum absolute atomic E-state index is 0.0411. The van der Waals surface area contributed by atoms with Crippen LogP contribution in [0.5, 0.6) is 0 Å². The molecule has 5 amide bonds. The van der Waals surface area contributed by atoms with E-state index in [1.54, 1.807) is 24.3 Å². The second kappa shape index (κ2) is 7.89. The number of benzene rings is 1. The van der Waals surface area contributed by atoms with Crippen molar-refractivity contribution in [2.75, 3.05) is 26.8 Å². The Morgan fingerprint density at radius 1 is 1.21 bits per heavy atom. The fourth-order valence-electron chi connectivity index (χ4n) is 2.12. The number of rotatable bonds is 7. The van der Waals surface area contributed by atoms with Crippen molar-refractivity contribution in [2.24, 2.45) is 0 Å². The van der Waals surface area contributed by atoms with Gasteiger partial charge in [-0.1, -0.05) is 23.7 Å². The molecule has 0 radical (unpaired) electrons. The maximum absolute atomic E-state index is 12.0. The van der Waals surface area contributed by atoms with Crippen molar-refractivity contribution in [1.82, 2.24) is 15.1 Å². The van der Waals surface area contributed by atoms with Gasteiger partial charge in [0.05, 0.1) is 13.2 Å². The van der Waals surface area contributed by atoms with Gasteiger partial charge in [0, 0.05) is 18.7 Å². The van der Waals surface area contributed by atoms with Crippen molar-refractivity contribution in [2.45, 2.75) is 6.54 Å². The van der Waals surface area contributed by atoms with Crippen LogP contribution >= 0.6 is 11.6 Å². The van der Waals surface area contributed by atoms with Crippen LogP contribution in [0.1, 0.15) is 5.56 Å². The molecular formula is C15H16ClN3O5. The molecule has 24 heavy (non-hydrogen) atoms. The molecule has 0 bridgehead atoms. The number of amides is 5. The molecule has 9 heteroatoms. The Balaban J connectivity index is 1.92. The van der Waals surface area contributed by atoms with Gasteiger partial charge < -0.3 is 10.1 Å². The van der Waals surface area contributed by atoms with Crippen molar-refractivity contribution in [3.63, 3.8) is 0 Å². The number of imide groups is 2. The first-order valence-electron chi connectivity index (χ1n) is 7.11. The summed E-state index contributed by atoms with van der Waals surface area (Å²) in [7, 11) is 1.41. The smallest absolute Gasteiger partial charge is 0.334 e. The van der Waals surface area contributed by atoms with E-state index in [-0.39, 0.29) is 19.7 Å². The molecule has 128 valence electrons. The van der Waals surface area contributed by atoms with E-state index in [4.69, 9.17) is 16.3 Å². The van der Waals surface area contributed by atoms with E-state index < -0.39 is 30.3 Å². The highest BCUT2D eigenvalue weighted by molar-refractivity contribution is 6.45. The average molecular weight is 354 g/mol. The van der Waals surface area contributed by atoms with Crippen LogP contribution in [-0.2, 0) is 25.7 Å². The van der Waals surface area contributed by atoms with Gasteiger partial charge in [-0.05, 0) is 17.7 Å². The van der Waals surface area contributed by atoms with Gasteiger partial charge in [-0.25, -0.2) is 9.69 Å². The Morgan fingerprint density at radius 2 is 1.92 bits per heavy atom. The van der Waals surface area contributed by atoms with Crippen molar-refractivity contribution >= 4 is 35.4 Å². The zero-order chi connectivity index (χ0) is 17.7. The van der Waals surface area contributed by atoms with Crippen LogP contribution < -0.4 is 5.32 Å². The van der Waals surface area contributed by atoms with Crippen LogP contribution in [0, 0.1) is 0 Å². The zero-order valence-electron chi connectivity index (χ0n) is 13.0. The van der Waals surface area contributed by atoms with Crippen LogP contribution in [0.15, 0.2) is 24.3 Å². The number of nitrogens with one attached hydrogen (secondary N) is 1. The van der Waals surface area contributed by atoms with Gasteiger partial charge in [-0.3, -0.25) is 19.3 Å².